The molecule has 2 aromatic carbocycles. The fraction of sp³-hybridized carbons (Fsp3) is 0.263. The minimum absolute atomic E-state index is 0.138. The molecule has 1 heterocycles. The molecule has 0 unspecified atom stereocenters. The van der Waals surface area contributed by atoms with E-state index in [1.165, 1.54) is 7.11 Å². The van der Waals surface area contributed by atoms with Crippen LogP contribution in [-0.2, 0) is 10.5 Å². The predicted octanol–water partition coefficient (Wildman–Crippen LogP) is 4.40. The number of phenols is 1. The molecule has 0 aliphatic heterocycles. The second-order valence-corrected chi connectivity index (χ2v) is 7.05. The summed E-state index contributed by atoms with van der Waals surface area (Å²) in [4.78, 5) is 12.7. The molecule has 0 radical (unpaired) electrons. The van der Waals surface area contributed by atoms with E-state index in [0.717, 1.165) is 21.4 Å². The molecule has 0 aliphatic carbocycles. The third-order valence-corrected chi connectivity index (χ3v) is 4.91. The number of nitrogens with zero attached hydrogens (tertiary/aromatic N) is 2. The SMILES string of the molecule is COC(=O)c1cc(CSc2cc(O)c3ccccc3c2)n(C(C)C)n1. The van der Waals surface area contributed by atoms with Crippen molar-refractivity contribution in [1.29, 1.82) is 0 Å². The fourth-order valence-corrected chi connectivity index (χ4v) is 3.63. The Kier molecular flexibility index (Phi) is 4.99. The molecule has 3 aromatic rings. The second kappa shape index (κ2) is 7.19. The highest BCUT2D eigenvalue weighted by molar-refractivity contribution is 7.98. The maximum atomic E-state index is 11.7. The van der Waals surface area contributed by atoms with E-state index >= 15 is 0 Å². The van der Waals surface area contributed by atoms with E-state index in [0.29, 0.717) is 11.4 Å². The Hall–Kier alpha value is -2.47. The first-order valence-corrected chi connectivity index (χ1v) is 8.99. The van der Waals surface area contributed by atoms with Crippen LogP contribution in [0.15, 0.2) is 47.4 Å². The van der Waals surface area contributed by atoms with Crippen molar-refractivity contribution in [1.82, 2.24) is 9.78 Å². The van der Waals surface area contributed by atoms with Crippen LogP contribution in [0.25, 0.3) is 10.8 Å². The lowest BCUT2D eigenvalue weighted by Gasteiger charge is -2.11. The Balaban J connectivity index is 1.86. The molecule has 0 spiro atoms. The minimum atomic E-state index is -0.436. The maximum Gasteiger partial charge on any atom is 0.358 e. The van der Waals surface area contributed by atoms with Gasteiger partial charge >= 0.3 is 5.97 Å². The van der Waals surface area contributed by atoms with Gasteiger partial charge in [0.25, 0.3) is 0 Å². The number of aromatic hydroxyl groups is 1. The summed E-state index contributed by atoms with van der Waals surface area (Å²) in [5.74, 6) is 0.474. The Morgan fingerprint density at radius 3 is 2.76 bits per heavy atom. The molecule has 0 fully saturated rings. The minimum Gasteiger partial charge on any atom is -0.507 e. The van der Waals surface area contributed by atoms with Crippen LogP contribution in [0, 0.1) is 0 Å². The maximum absolute atomic E-state index is 11.7. The van der Waals surface area contributed by atoms with Crippen LogP contribution < -0.4 is 0 Å². The lowest BCUT2D eigenvalue weighted by molar-refractivity contribution is 0.0593. The highest BCUT2D eigenvalue weighted by atomic mass is 32.2. The van der Waals surface area contributed by atoms with Gasteiger partial charge in [0, 0.05) is 27.8 Å². The number of methoxy groups -OCH3 is 1. The molecule has 6 heteroatoms. The van der Waals surface area contributed by atoms with Crippen LogP contribution in [0.1, 0.15) is 36.1 Å². The molecular weight excluding hydrogens is 336 g/mol. The number of ether oxygens (including phenoxy) is 1. The van der Waals surface area contributed by atoms with E-state index in [1.54, 1.807) is 23.9 Å². The molecule has 0 atom stereocenters. The Morgan fingerprint density at radius 2 is 2.04 bits per heavy atom. The van der Waals surface area contributed by atoms with Crippen molar-refractivity contribution in [3.63, 3.8) is 0 Å². The summed E-state index contributed by atoms with van der Waals surface area (Å²) in [5, 5.41) is 16.4. The molecule has 0 bridgehead atoms. The second-order valence-electron chi connectivity index (χ2n) is 6.00. The molecule has 0 amide bonds. The van der Waals surface area contributed by atoms with E-state index in [-0.39, 0.29) is 11.8 Å². The summed E-state index contributed by atoms with van der Waals surface area (Å²) in [5.41, 5.74) is 1.25. The number of phenolic OH excluding ortho intramolecular Hbond substituents is 1. The van der Waals surface area contributed by atoms with Crippen molar-refractivity contribution in [3.05, 3.63) is 53.9 Å². The van der Waals surface area contributed by atoms with Gasteiger partial charge in [-0.1, -0.05) is 24.3 Å². The highest BCUT2D eigenvalue weighted by Gasteiger charge is 2.16. The van der Waals surface area contributed by atoms with Crippen LogP contribution in [0.2, 0.25) is 0 Å². The van der Waals surface area contributed by atoms with E-state index in [9.17, 15) is 9.90 Å². The topological polar surface area (TPSA) is 64.3 Å². The normalized spacial score (nSPS) is 11.2. The molecule has 3 rings (SSSR count). The van der Waals surface area contributed by atoms with E-state index in [2.05, 4.69) is 11.2 Å². The van der Waals surface area contributed by atoms with Gasteiger partial charge in [-0.25, -0.2) is 4.79 Å². The van der Waals surface area contributed by atoms with Crippen molar-refractivity contribution in [2.24, 2.45) is 0 Å². The van der Waals surface area contributed by atoms with Gasteiger partial charge in [0.05, 0.1) is 7.11 Å². The molecule has 5 nitrogen and oxygen atoms in total. The first-order valence-electron chi connectivity index (χ1n) is 8.01. The zero-order valence-electron chi connectivity index (χ0n) is 14.4. The van der Waals surface area contributed by atoms with Crippen molar-refractivity contribution >= 4 is 28.5 Å². The molecule has 0 saturated heterocycles. The van der Waals surface area contributed by atoms with Crippen LogP contribution in [0.5, 0.6) is 5.75 Å². The van der Waals surface area contributed by atoms with Crippen molar-refractivity contribution in [2.45, 2.75) is 30.5 Å². The van der Waals surface area contributed by atoms with E-state index in [4.69, 9.17) is 4.74 Å². The van der Waals surface area contributed by atoms with Crippen LogP contribution in [0.3, 0.4) is 0 Å². The van der Waals surface area contributed by atoms with Crippen molar-refractivity contribution in [3.8, 4) is 5.75 Å². The van der Waals surface area contributed by atoms with E-state index < -0.39 is 5.97 Å². The predicted molar refractivity (Wildman–Crippen MR) is 99.1 cm³/mol. The van der Waals surface area contributed by atoms with Gasteiger partial charge in [-0.2, -0.15) is 5.10 Å². The number of hydrogen-bond acceptors (Lipinski definition) is 5. The van der Waals surface area contributed by atoms with Gasteiger partial charge in [0.1, 0.15) is 5.75 Å². The van der Waals surface area contributed by atoms with Crippen molar-refractivity contribution in [2.75, 3.05) is 7.11 Å². The number of thioether (sulfide) groups is 1. The lowest BCUT2D eigenvalue weighted by Crippen LogP contribution is -2.08. The summed E-state index contributed by atoms with van der Waals surface area (Å²) in [6, 6.07) is 13.5. The molecule has 1 N–H and O–H groups in total. The number of carbonyl (C=O) groups excluding carboxylic acids is 1. The van der Waals surface area contributed by atoms with Gasteiger partial charge in [-0.15, -0.1) is 11.8 Å². The Bertz CT molecular complexity index is 918. The third-order valence-electron chi connectivity index (χ3n) is 3.90. The molecule has 0 aliphatic rings. The number of hydrogen-bond donors (Lipinski definition) is 1. The Morgan fingerprint density at radius 1 is 1.28 bits per heavy atom. The van der Waals surface area contributed by atoms with Crippen LogP contribution in [0.4, 0.5) is 0 Å². The van der Waals surface area contributed by atoms with Gasteiger partial charge in [-0.3, -0.25) is 4.68 Å². The lowest BCUT2D eigenvalue weighted by atomic mass is 10.1. The smallest absolute Gasteiger partial charge is 0.358 e. The highest BCUT2D eigenvalue weighted by Crippen LogP contribution is 2.33. The zero-order chi connectivity index (χ0) is 18.0. The average Bonchev–Trinajstić information content (AvgIpc) is 3.04. The Labute approximate surface area is 150 Å². The molecule has 1 aromatic heterocycles. The number of aromatic nitrogens is 2. The van der Waals surface area contributed by atoms with Crippen LogP contribution >= 0.6 is 11.8 Å². The number of benzene rings is 2. The molecular formula is C19H20N2O3S. The number of carbonyl (C=O) groups is 1. The number of rotatable bonds is 5. The summed E-state index contributed by atoms with van der Waals surface area (Å²) in [6.45, 7) is 4.04. The van der Waals surface area contributed by atoms with Gasteiger partial charge in [-0.05, 0) is 37.4 Å². The molecule has 25 heavy (non-hydrogen) atoms. The van der Waals surface area contributed by atoms with Gasteiger partial charge in [0.2, 0.25) is 0 Å². The summed E-state index contributed by atoms with van der Waals surface area (Å²) in [7, 11) is 1.35. The van der Waals surface area contributed by atoms with Gasteiger partial charge < -0.3 is 9.84 Å². The summed E-state index contributed by atoms with van der Waals surface area (Å²) >= 11 is 1.59. The quantitative estimate of drug-likeness (QED) is 0.542. The third kappa shape index (κ3) is 3.64. The van der Waals surface area contributed by atoms with Crippen LogP contribution in [-0.4, -0.2) is 28.0 Å². The number of esters is 1. The number of fused-ring (bicyclic) bond motifs is 1. The first-order chi connectivity index (χ1) is 12.0. The van der Waals surface area contributed by atoms with E-state index in [1.807, 2.05) is 42.8 Å². The van der Waals surface area contributed by atoms with Crippen molar-refractivity contribution < 1.29 is 14.6 Å². The standard InChI is InChI=1S/C19H20N2O3S/c1-12(2)21-14(9-17(20-21)19(23)24-3)11-25-15-8-13-6-4-5-7-16(13)18(22)10-15/h4-10,12,22H,11H2,1-3H3. The molecule has 130 valence electrons. The summed E-state index contributed by atoms with van der Waals surface area (Å²) < 4.78 is 6.59. The van der Waals surface area contributed by atoms with Gasteiger partial charge in [0.15, 0.2) is 5.69 Å². The largest absolute Gasteiger partial charge is 0.507 e. The summed E-state index contributed by atoms with van der Waals surface area (Å²) in [6.07, 6.45) is 0. The zero-order valence-corrected chi connectivity index (χ0v) is 15.2. The average molecular weight is 356 g/mol. The monoisotopic (exact) mass is 356 g/mol. The first kappa shape index (κ1) is 17.4. The molecule has 0 saturated carbocycles. The fourth-order valence-electron chi connectivity index (χ4n) is 2.70.